The Bertz CT molecular complexity index is 571. The van der Waals surface area contributed by atoms with Crippen LogP contribution in [0.2, 0.25) is 5.15 Å². The first kappa shape index (κ1) is 12.8. The summed E-state index contributed by atoms with van der Waals surface area (Å²) >= 11 is 5.89. The van der Waals surface area contributed by atoms with Crippen molar-refractivity contribution in [2.45, 2.75) is 13.5 Å². The molecule has 1 N–H and O–H groups in total. The van der Waals surface area contributed by atoms with Crippen LogP contribution < -0.4 is 5.32 Å². The van der Waals surface area contributed by atoms with E-state index in [0.29, 0.717) is 10.8 Å². The van der Waals surface area contributed by atoms with Gasteiger partial charge in [-0.05, 0) is 24.6 Å². The molecule has 1 heterocycles. The molecule has 0 unspecified atom stereocenters. The van der Waals surface area contributed by atoms with Gasteiger partial charge in [0.15, 0.2) is 16.8 Å². The summed E-state index contributed by atoms with van der Waals surface area (Å²) in [5, 5.41) is 3.24. The Balaban J connectivity index is 2.16. The molecule has 0 saturated heterocycles. The van der Waals surface area contributed by atoms with Crippen molar-refractivity contribution >= 4 is 17.3 Å². The summed E-state index contributed by atoms with van der Waals surface area (Å²) in [4.78, 5) is 3.97. The van der Waals surface area contributed by atoms with Gasteiger partial charge >= 0.3 is 0 Å². The van der Waals surface area contributed by atoms with Crippen LogP contribution in [0.1, 0.15) is 11.1 Å². The van der Waals surface area contributed by atoms with Crippen molar-refractivity contribution in [1.29, 1.82) is 0 Å². The first-order chi connectivity index (χ1) is 8.58. The number of pyridine rings is 1. The highest BCUT2D eigenvalue weighted by molar-refractivity contribution is 6.31. The van der Waals surface area contributed by atoms with Gasteiger partial charge in [0.1, 0.15) is 0 Å². The van der Waals surface area contributed by atoms with Crippen molar-refractivity contribution in [3.05, 3.63) is 58.4 Å². The molecule has 2 nitrogen and oxygen atoms in total. The fraction of sp³-hybridized carbons (Fsp3) is 0.154. The van der Waals surface area contributed by atoms with Crippen molar-refractivity contribution in [3.8, 4) is 0 Å². The van der Waals surface area contributed by atoms with E-state index in [1.807, 2.05) is 6.92 Å². The zero-order valence-electron chi connectivity index (χ0n) is 9.67. The van der Waals surface area contributed by atoms with Crippen molar-refractivity contribution in [2.75, 3.05) is 5.32 Å². The Hall–Kier alpha value is -1.68. The van der Waals surface area contributed by atoms with Gasteiger partial charge in [-0.3, -0.25) is 0 Å². The minimum atomic E-state index is -0.859. The van der Waals surface area contributed by atoms with Crippen LogP contribution in [0.4, 0.5) is 14.5 Å². The average Bonchev–Trinajstić information content (AvgIpc) is 2.35. The molecule has 0 atom stereocenters. The van der Waals surface area contributed by atoms with E-state index in [1.165, 1.54) is 12.1 Å². The van der Waals surface area contributed by atoms with Crippen LogP contribution in [0.3, 0.4) is 0 Å². The molecular weight excluding hydrogens is 258 g/mol. The zero-order chi connectivity index (χ0) is 13.1. The molecule has 5 heteroatoms. The molecule has 0 fully saturated rings. The highest BCUT2D eigenvalue weighted by Gasteiger charge is 2.08. The van der Waals surface area contributed by atoms with E-state index in [-0.39, 0.29) is 12.1 Å². The highest BCUT2D eigenvalue weighted by Crippen LogP contribution is 2.21. The van der Waals surface area contributed by atoms with Crippen LogP contribution in [-0.2, 0) is 6.54 Å². The van der Waals surface area contributed by atoms with Crippen LogP contribution in [0.15, 0.2) is 30.5 Å². The molecule has 0 saturated carbocycles. The number of halogens is 3. The normalized spacial score (nSPS) is 10.4. The first-order valence-electron chi connectivity index (χ1n) is 5.37. The van der Waals surface area contributed by atoms with Crippen molar-refractivity contribution in [2.24, 2.45) is 0 Å². The van der Waals surface area contributed by atoms with Crippen LogP contribution in [-0.4, -0.2) is 4.98 Å². The van der Waals surface area contributed by atoms with Gasteiger partial charge in [-0.25, -0.2) is 13.8 Å². The van der Waals surface area contributed by atoms with E-state index in [2.05, 4.69) is 10.3 Å². The van der Waals surface area contributed by atoms with E-state index >= 15 is 0 Å². The molecule has 0 aliphatic carbocycles. The summed E-state index contributed by atoms with van der Waals surface area (Å²) in [6.07, 6.45) is 1.64. The number of hydrogen-bond acceptors (Lipinski definition) is 2. The Morgan fingerprint density at radius 1 is 1.33 bits per heavy atom. The second kappa shape index (κ2) is 5.31. The Morgan fingerprint density at radius 2 is 2.11 bits per heavy atom. The zero-order valence-corrected chi connectivity index (χ0v) is 10.4. The molecule has 1 aromatic heterocycles. The van der Waals surface area contributed by atoms with Gasteiger partial charge in [-0.15, -0.1) is 0 Å². The molecule has 0 aliphatic rings. The predicted octanol–water partition coefficient (Wildman–Crippen LogP) is 3.93. The summed E-state index contributed by atoms with van der Waals surface area (Å²) in [6, 6.07) is 5.86. The molecule has 18 heavy (non-hydrogen) atoms. The highest BCUT2D eigenvalue weighted by atomic mass is 35.5. The molecule has 0 spiro atoms. The lowest BCUT2D eigenvalue weighted by molar-refractivity contribution is 0.500. The Kier molecular flexibility index (Phi) is 3.77. The van der Waals surface area contributed by atoms with Gasteiger partial charge in [0.05, 0.1) is 5.69 Å². The molecule has 1 aromatic carbocycles. The maximum Gasteiger partial charge on any atom is 0.163 e. The average molecular weight is 269 g/mol. The number of nitrogens with zero attached hydrogens (tertiary/aromatic N) is 1. The minimum absolute atomic E-state index is 0.147. The maximum absolute atomic E-state index is 13.4. The van der Waals surface area contributed by atoms with Crippen molar-refractivity contribution in [3.63, 3.8) is 0 Å². The van der Waals surface area contributed by atoms with E-state index in [0.717, 1.165) is 11.6 Å². The van der Waals surface area contributed by atoms with Crippen molar-refractivity contribution < 1.29 is 8.78 Å². The van der Waals surface area contributed by atoms with Crippen LogP contribution in [0, 0.1) is 18.6 Å². The molecular formula is C13H11ClF2N2. The first-order valence-corrected chi connectivity index (χ1v) is 5.74. The summed E-state index contributed by atoms with van der Waals surface area (Å²) in [5.41, 5.74) is 1.77. The van der Waals surface area contributed by atoms with Gasteiger partial charge in [0.2, 0.25) is 0 Å². The van der Waals surface area contributed by atoms with Gasteiger partial charge in [0, 0.05) is 18.3 Å². The second-order valence-corrected chi connectivity index (χ2v) is 4.28. The number of aryl methyl sites for hydroxylation is 1. The van der Waals surface area contributed by atoms with Crippen LogP contribution in [0.5, 0.6) is 0 Å². The molecule has 0 radical (unpaired) electrons. The van der Waals surface area contributed by atoms with Gasteiger partial charge < -0.3 is 5.32 Å². The number of aromatic nitrogens is 1. The topological polar surface area (TPSA) is 24.9 Å². The SMILES string of the molecule is Cc1cnc(Cl)c(NCc2cccc(F)c2F)c1. The molecule has 0 amide bonds. The predicted molar refractivity (Wildman–Crippen MR) is 67.7 cm³/mol. The number of hydrogen-bond donors (Lipinski definition) is 1. The van der Waals surface area contributed by atoms with Gasteiger partial charge in [-0.2, -0.15) is 0 Å². The summed E-state index contributed by atoms with van der Waals surface area (Å²) in [5.74, 6) is -1.70. The van der Waals surface area contributed by atoms with Gasteiger partial charge in [0.25, 0.3) is 0 Å². The second-order valence-electron chi connectivity index (χ2n) is 3.92. The van der Waals surface area contributed by atoms with E-state index < -0.39 is 11.6 Å². The number of rotatable bonds is 3. The number of benzene rings is 1. The summed E-state index contributed by atoms with van der Waals surface area (Å²) < 4.78 is 26.4. The van der Waals surface area contributed by atoms with Crippen molar-refractivity contribution in [1.82, 2.24) is 4.98 Å². The minimum Gasteiger partial charge on any atom is -0.378 e. The summed E-state index contributed by atoms with van der Waals surface area (Å²) in [6.45, 7) is 2.02. The monoisotopic (exact) mass is 268 g/mol. The third-order valence-corrected chi connectivity index (χ3v) is 2.78. The quantitative estimate of drug-likeness (QED) is 0.853. The molecule has 94 valence electrons. The maximum atomic E-state index is 13.4. The van der Waals surface area contributed by atoms with E-state index in [4.69, 9.17) is 11.6 Å². The Labute approximate surface area is 109 Å². The smallest absolute Gasteiger partial charge is 0.163 e. The van der Waals surface area contributed by atoms with Crippen LogP contribution in [0.25, 0.3) is 0 Å². The molecule has 0 aliphatic heterocycles. The number of nitrogens with one attached hydrogen (secondary N) is 1. The molecule has 0 bridgehead atoms. The Morgan fingerprint density at radius 3 is 2.89 bits per heavy atom. The molecule has 2 rings (SSSR count). The largest absolute Gasteiger partial charge is 0.378 e. The lowest BCUT2D eigenvalue weighted by Gasteiger charge is -2.09. The van der Waals surface area contributed by atoms with Gasteiger partial charge in [-0.1, -0.05) is 23.7 Å². The number of anilines is 1. The standard InChI is InChI=1S/C13H11ClF2N2/c1-8-5-11(13(14)18-6-8)17-7-9-3-2-4-10(15)12(9)16/h2-6,17H,7H2,1H3. The molecule has 2 aromatic rings. The van der Waals surface area contributed by atoms with E-state index in [1.54, 1.807) is 12.3 Å². The fourth-order valence-corrected chi connectivity index (χ4v) is 1.72. The lowest BCUT2D eigenvalue weighted by atomic mass is 10.2. The van der Waals surface area contributed by atoms with E-state index in [9.17, 15) is 8.78 Å². The van der Waals surface area contributed by atoms with Crippen LogP contribution >= 0.6 is 11.6 Å². The fourth-order valence-electron chi connectivity index (χ4n) is 1.55. The lowest BCUT2D eigenvalue weighted by Crippen LogP contribution is -2.04. The third-order valence-electron chi connectivity index (χ3n) is 2.48. The summed E-state index contributed by atoms with van der Waals surface area (Å²) in [7, 11) is 0. The third kappa shape index (κ3) is 2.76.